The largest absolute Gasteiger partial charge is 0.393 e. The lowest BCUT2D eigenvalue weighted by atomic mass is 10.3. The van der Waals surface area contributed by atoms with E-state index in [9.17, 15) is 0 Å². The molecule has 0 aliphatic carbocycles. The number of quaternary nitrogens is 1. The molecule has 1 atom stereocenters. The molecule has 0 heterocycles. The first kappa shape index (κ1) is 10.9. The third-order valence-electron chi connectivity index (χ3n) is 1.66. The molecule has 0 bridgehead atoms. The first-order valence-electron chi connectivity index (χ1n) is 3.62. The summed E-state index contributed by atoms with van der Waals surface area (Å²) in [5.41, 5.74) is 0. The summed E-state index contributed by atoms with van der Waals surface area (Å²) in [6.07, 6.45) is 2.56. The van der Waals surface area contributed by atoms with Gasteiger partial charge in [0.25, 0.3) is 0 Å². The number of hydrogen-bond donors (Lipinski definition) is 2. The molecule has 0 aromatic carbocycles. The van der Waals surface area contributed by atoms with Crippen LogP contribution >= 0.6 is 0 Å². The summed E-state index contributed by atoms with van der Waals surface area (Å²) in [7, 11) is 0. The van der Waals surface area contributed by atoms with E-state index in [4.69, 9.17) is 20.7 Å². The Kier molecular flexibility index (Phi) is 4.24. The van der Waals surface area contributed by atoms with Gasteiger partial charge in [-0.1, -0.05) is 0 Å². The lowest BCUT2D eigenvalue weighted by Crippen LogP contribution is -2.45. The van der Waals surface area contributed by atoms with Crippen molar-refractivity contribution in [1.29, 1.82) is 10.5 Å². The van der Waals surface area contributed by atoms with Gasteiger partial charge in [0.05, 0.1) is 6.61 Å². The smallest absolute Gasteiger partial charge is 0.324 e. The van der Waals surface area contributed by atoms with Gasteiger partial charge in [-0.2, -0.15) is 0 Å². The van der Waals surface area contributed by atoms with Crippen LogP contribution in [-0.2, 0) is 0 Å². The Morgan fingerprint density at radius 1 is 1.42 bits per heavy atom. The van der Waals surface area contributed by atoms with Crippen LogP contribution in [0.2, 0.25) is 0 Å². The van der Waals surface area contributed by atoms with Crippen molar-refractivity contribution >= 4 is 0 Å². The average Bonchev–Trinajstić information content (AvgIpc) is 2.14. The van der Waals surface area contributed by atoms with Crippen LogP contribution in [0.4, 0.5) is 0 Å². The highest BCUT2D eigenvalue weighted by molar-refractivity contribution is 4.71. The van der Waals surface area contributed by atoms with Crippen LogP contribution in [0.15, 0.2) is 0 Å². The molecule has 2 N–H and O–H groups in total. The lowest BCUT2D eigenvalue weighted by molar-refractivity contribution is -0.801. The van der Waals surface area contributed by atoms with Crippen LogP contribution in [0.25, 0.3) is 0 Å². The highest BCUT2D eigenvalue weighted by atomic mass is 16.3. The van der Waals surface area contributed by atoms with E-state index < -0.39 is 17.2 Å². The molecule has 0 radical (unpaired) electrons. The minimum Gasteiger partial charge on any atom is -0.393 e. The van der Waals surface area contributed by atoms with E-state index in [2.05, 4.69) is 0 Å². The monoisotopic (exact) mass is 170 g/mol. The van der Waals surface area contributed by atoms with Crippen LogP contribution in [0, 0.1) is 22.9 Å². The van der Waals surface area contributed by atoms with Crippen LogP contribution < -0.4 is 0 Å². The minimum absolute atomic E-state index is 0.0556. The maximum Gasteiger partial charge on any atom is 0.324 e. The SMILES string of the molecule is CC[N+](C#N)(C#N)CC(O)CO. The first-order chi connectivity index (χ1) is 5.64. The molecule has 0 saturated carbocycles. The van der Waals surface area contributed by atoms with Crippen molar-refractivity contribution in [3.63, 3.8) is 0 Å². The number of nitriles is 2. The molecule has 5 nitrogen and oxygen atoms in total. The van der Waals surface area contributed by atoms with E-state index in [0.717, 1.165) is 0 Å². The van der Waals surface area contributed by atoms with E-state index in [0.29, 0.717) is 6.54 Å². The van der Waals surface area contributed by atoms with Crippen LogP contribution in [0.1, 0.15) is 6.92 Å². The molecule has 1 unspecified atom stereocenters. The van der Waals surface area contributed by atoms with E-state index in [1.165, 1.54) is 0 Å². The Hall–Kier alpha value is -1.14. The summed E-state index contributed by atoms with van der Waals surface area (Å²) in [5.74, 6) is 0. The fourth-order valence-electron chi connectivity index (χ4n) is 0.792. The molecule has 12 heavy (non-hydrogen) atoms. The van der Waals surface area contributed by atoms with Crippen molar-refractivity contribution in [2.75, 3.05) is 19.7 Å². The number of rotatable bonds is 4. The summed E-state index contributed by atoms with van der Waals surface area (Å²) in [4.78, 5) is 0. The van der Waals surface area contributed by atoms with Crippen molar-refractivity contribution < 1.29 is 14.7 Å². The van der Waals surface area contributed by atoms with Gasteiger partial charge in [-0.05, 0) is 6.92 Å². The summed E-state index contributed by atoms with van der Waals surface area (Å²) < 4.78 is -0.498. The Morgan fingerprint density at radius 2 is 1.92 bits per heavy atom. The van der Waals surface area contributed by atoms with Gasteiger partial charge in [0.1, 0.15) is 19.2 Å². The highest BCUT2D eigenvalue weighted by Gasteiger charge is 2.29. The Balaban J connectivity index is 4.36. The number of hydrogen-bond acceptors (Lipinski definition) is 4. The quantitative estimate of drug-likeness (QED) is 0.424. The molecular formula is C7H12N3O2+. The number of aliphatic hydroxyl groups is 2. The minimum atomic E-state index is -1.01. The number of aliphatic hydroxyl groups excluding tert-OH is 2. The zero-order valence-corrected chi connectivity index (χ0v) is 6.93. The van der Waals surface area contributed by atoms with Gasteiger partial charge >= 0.3 is 12.4 Å². The summed E-state index contributed by atoms with van der Waals surface area (Å²) in [5, 5.41) is 34.8. The van der Waals surface area contributed by atoms with Gasteiger partial charge in [0.15, 0.2) is 0 Å². The molecule has 0 aromatic heterocycles. The van der Waals surface area contributed by atoms with Crippen LogP contribution in [-0.4, -0.2) is 40.5 Å². The molecule has 0 aliphatic heterocycles. The summed E-state index contributed by atoms with van der Waals surface area (Å²) in [6, 6.07) is 0. The fraction of sp³-hybridized carbons (Fsp3) is 0.714. The van der Waals surface area contributed by atoms with Gasteiger partial charge < -0.3 is 10.2 Å². The van der Waals surface area contributed by atoms with Crippen molar-refractivity contribution in [3.8, 4) is 12.4 Å². The second kappa shape index (κ2) is 4.68. The zero-order valence-electron chi connectivity index (χ0n) is 6.93. The Bertz CT molecular complexity index is 202. The van der Waals surface area contributed by atoms with Crippen molar-refractivity contribution in [3.05, 3.63) is 0 Å². The van der Waals surface area contributed by atoms with Gasteiger partial charge in [0, 0.05) is 0 Å². The second-order valence-corrected chi connectivity index (χ2v) is 2.50. The fourth-order valence-corrected chi connectivity index (χ4v) is 0.792. The molecule has 0 saturated heterocycles. The molecule has 0 spiro atoms. The first-order valence-corrected chi connectivity index (χ1v) is 3.62. The molecule has 5 heteroatoms. The molecule has 0 rings (SSSR count). The van der Waals surface area contributed by atoms with Gasteiger partial charge in [-0.3, -0.25) is 0 Å². The predicted molar refractivity (Wildman–Crippen MR) is 40.0 cm³/mol. The number of nitrogens with zero attached hydrogens (tertiary/aromatic N) is 3. The van der Waals surface area contributed by atoms with Gasteiger partial charge in [0.2, 0.25) is 0 Å². The third kappa shape index (κ3) is 2.48. The number of likely N-dealkylation sites (N-methyl/N-ethyl adjacent to an activating group) is 1. The second-order valence-electron chi connectivity index (χ2n) is 2.50. The molecule has 0 aliphatic rings. The topological polar surface area (TPSA) is 88.0 Å². The lowest BCUT2D eigenvalue weighted by Gasteiger charge is -2.19. The highest BCUT2D eigenvalue weighted by Crippen LogP contribution is 2.03. The van der Waals surface area contributed by atoms with Gasteiger partial charge in [-0.25, -0.2) is 0 Å². The van der Waals surface area contributed by atoms with Crippen LogP contribution in [0.5, 0.6) is 0 Å². The zero-order chi connectivity index (χ0) is 9.61. The normalized spacial score (nSPS) is 13.1. The van der Waals surface area contributed by atoms with E-state index in [-0.39, 0.29) is 6.54 Å². The predicted octanol–water partition coefficient (Wildman–Crippen LogP) is -0.862. The molecule has 66 valence electrons. The molecule has 0 aromatic rings. The molecular weight excluding hydrogens is 158 g/mol. The average molecular weight is 170 g/mol. The van der Waals surface area contributed by atoms with E-state index >= 15 is 0 Å². The van der Waals surface area contributed by atoms with Crippen molar-refractivity contribution in [2.45, 2.75) is 13.0 Å². The van der Waals surface area contributed by atoms with E-state index in [1.54, 1.807) is 19.3 Å². The van der Waals surface area contributed by atoms with Crippen LogP contribution in [0.3, 0.4) is 0 Å². The standard InChI is InChI=1S/C7H12N3O2/c1-2-10(5-8,6-9)3-7(12)4-11/h7,11-12H,2-4H2,1H3/q+1. The summed E-state index contributed by atoms with van der Waals surface area (Å²) >= 11 is 0. The molecule has 0 fully saturated rings. The van der Waals surface area contributed by atoms with E-state index in [1.807, 2.05) is 0 Å². The molecule has 0 amide bonds. The maximum absolute atomic E-state index is 9.02. The van der Waals surface area contributed by atoms with Gasteiger partial charge in [-0.15, -0.1) is 15.0 Å². The summed E-state index contributed by atoms with van der Waals surface area (Å²) in [6.45, 7) is 1.49. The maximum atomic E-state index is 9.02. The van der Waals surface area contributed by atoms with Crippen molar-refractivity contribution in [2.24, 2.45) is 0 Å². The Morgan fingerprint density at radius 3 is 2.17 bits per heavy atom. The van der Waals surface area contributed by atoms with Crippen molar-refractivity contribution in [1.82, 2.24) is 0 Å². The third-order valence-corrected chi connectivity index (χ3v) is 1.66. The Labute approximate surface area is 71.3 Å².